The number of H-pyrrole nitrogens is 1. The van der Waals surface area contributed by atoms with Crippen LogP contribution in [0, 0.1) is 4.77 Å². The Morgan fingerprint density at radius 1 is 1.64 bits per heavy atom. The molecule has 0 unspecified atom stereocenters. The third-order valence-electron chi connectivity index (χ3n) is 1.86. The molecule has 0 aliphatic carbocycles. The zero-order valence-corrected chi connectivity index (χ0v) is 9.36. The van der Waals surface area contributed by atoms with Gasteiger partial charge in [0.2, 0.25) is 0 Å². The van der Waals surface area contributed by atoms with E-state index in [-0.39, 0.29) is 0 Å². The maximum Gasteiger partial charge on any atom is 0.195 e. The predicted octanol–water partition coefficient (Wildman–Crippen LogP) is 2.47. The van der Waals surface area contributed by atoms with Gasteiger partial charge >= 0.3 is 0 Å². The molecular formula is C8H10N4S2. The first kappa shape index (κ1) is 9.54. The van der Waals surface area contributed by atoms with Gasteiger partial charge in [-0.3, -0.25) is 14.6 Å². The fourth-order valence-corrected chi connectivity index (χ4v) is 2.10. The summed E-state index contributed by atoms with van der Waals surface area (Å²) in [6, 6.07) is 0. The Labute approximate surface area is 90.6 Å². The van der Waals surface area contributed by atoms with Gasteiger partial charge in [-0.05, 0) is 18.6 Å². The SMILES string of the molecule is CCCn1c(-c2cncs2)n[nH]c1=S. The number of rotatable bonds is 3. The van der Waals surface area contributed by atoms with Gasteiger partial charge in [0.15, 0.2) is 10.6 Å². The van der Waals surface area contributed by atoms with Crippen molar-refractivity contribution in [3.05, 3.63) is 16.5 Å². The van der Waals surface area contributed by atoms with Crippen LogP contribution < -0.4 is 0 Å². The Hall–Kier alpha value is -1.01. The molecule has 0 aliphatic rings. The molecule has 0 saturated heterocycles. The monoisotopic (exact) mass is 226 g/mol. The molecule has 2 aromatic rings. The summed E-state index contributed by atoms with van der Waals surface area (Å²) in [6.45, 7) is 3.01. The Balaban J connectivity index is 2.48. The molecule has 0 aromatic carbocycles. The lowest BCUT2D eigenvalue weighted by atomic mass is 10.4. The van der Waals surface area contributed by atoms with Crippen LogP contribution in [0.25, 0.3) is 10.7 Å². The van der Waals surface area contributed by atoms with Crippen molar-refractivity contribution >= 4 is 23.6 Å². The van der Waals surface area contributed by atoms with Crippen LogP contribution in [-0.4, -0.2) is 19.7 Å². The van der Waals surface area contributed by atoms with E-state index < -0.39 is 0 Å². The molecular weight excluding hydrogens is 216 g/mol. The first-order valence-electron chi connectivity index (χ1n) is 4.37. The minimum atomic E-state index is 0.676. The summed E-state index contributed by atoms with van der Waals surface area (Å²) >= 11 is 6.71. The molecule has 74 valence electrons. The smallest absolute Gasteiger partial charge is 0.195 e. The van der Waals surface area contributed by atoms with E-state index in [9.17, 15) is 0 Å². The molecule has 2 heterocycles. The third kappa shape index (κ3) is 1.62. The lowest BCUT2D eigenvalue weighted by Gasteiger charge is -2.01. The van der Waals surface area contributed by atoms with E-state index in [1.54, 1.807) is 16.8 Å². The van der Waals surface area contributed by atoms with E-state index in [4.69, 9.17) is 12.2 Å². The molecule has 0 bridgehead atoms. The molecule has 6 heteroatoms. The van der Waals surface area contributed by atoms with E-state index in [0.717, 1.165) is 23.7 Å². The van der Waals surface area contributed by atoms with Gasteiger partial charge in [0.25, 0.3) is 0 Å². The highest BCUT2D eigenvalue weighted by Crippen LogP contribution is 2.21. The summed E-state index contributed by atoms with van der Waals surface area (Å²) in [5.74, 6) is 0.888. The van der Waals surface area contributed by atoms with Crippen LogP contribution in [0.15, 0.2) is 11.7 Å². The van der Waals surface area contributed by atoms with E-state index >= 15 is 0 Å². The van der Waals surface area contributed by atoms with E-state index in [2.05, 4.69) is 22.1 Å². The first-order valence-corrected chi connectivity index (χ1v) is 5.65. The number of hydrogen-bond donors (Lipinski definition) is 1. The molecule has 0 radical (unpaired) electrons. The number of nitrogens with one attached hydrogen (secondary N) is 1. The molecule has 0 atom stereocenters. The van der Waals surface area contributed by atoms with Crippen molar-refractivity contribution in [1.82, 2.24) is 19.7 Å². The highest BCUT2D eigenvalue weighted by Gasteiger charge is 2.08. The lowest BCUT2D eigenvalue weighted by Crippen LogP contribution is -1.98. The van der Waals surface area contributed by atoms with Gasteiger partial charge in [-0.15, -0.1) is 11.3 Å². The molecule has 0 amide bonds. The van der Waals surface area contributed by atoms with Crippen LogP contribution in [0.1, 0.15) is 13.3 Å². The molecule has 14 heavy (non-hydrogen) atoms. The van der Waals surface area contributed by atoms with Crippen molar-refractivity contribution in [2.75, 3.05) is 0 Å². The Bertz CT molecular complexity index is 454. The van der Waals surface area contributed by atoms with Gasteiger partial charge in [0.1, 0.15) is 0 Å². The largest absolute Gasteiger partial charge is 0.299 e. The van der Waals surface area contributed by atoms with Gasteiger partial charge in [-0.2, -0.15) is 5.10 Å². The minimum absolute atomic E-state index is 0.676. The van der Waals surface area contributed by atoms with Crippen LogP contribution in [0.3, 0.4) is 0 Å². The number of thiazole rings is 1. The average molecular weight is 226 g/mol. The highest BCUT2D eigenvalue weighted by atomic mass is 32.1. The van der Waals surface area contributed by atoms with E-state index in [0.29, 0.717) is 4.77 Å². The fourth-order valence-electron chi connectivity index (χ4n) is 1.26. The summed E-state index contributed by atoms with van der Waals surface area (Å²) in [6.07, 6.45) is 2.85. The van der Waals surface area contributed by atoms with Crippen molar-refractivity contribution in [3.63, 3.8) is 0 Å². The standard InChI is InChI=1S/C8H10N4S2/c1-2-3-12-7(10-11-8(12)13)6-4-9-5-14-6/h4-5H,2-3H2,1H3,(H,11,13). The summed E-state index contributed by atoms with van der Waals surface area (Å²) in [4.78, 5) is 5.07. The second kappa shape index (κ2) is 4.02. The van der Waals surface area contributed by atoms with Gasteiger partial charge in [0.05, 0.1) is 10.4 Å². The number of nitrogens with zero attached hydrogens (tertiary/aromatic N) is 3. The van der Waals surface area contributed by atoms with Crippen molar-refractivity contribution in [2.24, 2.45) is 0 Å². The molecule has 2 rings (SSSR count). The summed E-state index contributed by atoms with van der Waals surface area (Å²) < 4.78 is 2.68. The zero-order valence-electron chi connectivity index (χ0n) is 7.73. The van der Waals surface area contributed by atoms with Crippen LogP contribution in [0.5, 0.6) is 0 Å². The van der Waals surface area contributed by atoms with Crippen molar-refractivity contribution in [3.8, 4) is 10.7 Å². The number of hydrogen-bond acceptors (Lipinski definition) is 4. The molecule has 4 nitrogen and oxygen atoms in total. The number of aromatic nitrogens is 4. The van der Waals surface area contributed by atoms with Gasteiger partial charge in [-0.25, -0.2) is 0 Å². The maximum atomic E-state index is 5.14. The van der Waals surface area contributed by atoms with Crippen molar-refractivity contribution in [1.29, 1.82) is 0 Å². The molecule has 0 spiro atoms. The van der Waals surface area contributed by atoms with Gasteiger partial charge < -0.3 is 0 Å². The van der Waals surface area contributed by atoms with Crippen molar-refractivity contribution in [2.45, 2.75) is 19.9 Å². The minimum Gasteiger partial charge on any atom is -0.299 e. The molecule has 2 aromatic heterocycles. The molecule has 0 aliphatic heterocycles. The Kier molecular flexibility index (Phi) is 2.74. The number of aromatic amines is 1. The average Bonchev–Trinajstić information content (AvgIpc) is 2.77. The van der Waals surface area contributed by atoms with Crippen LogP contribution >= 0.6 is 23.6 Å². The summed E-state index contributed by atoms with van der Waals surface area (Å²) in [5.41, 5.74) is 1.79. The highest BCUT2D eigenvalue weighted by molar-refractivity contribution is 7.71. The quantitative estimate of drug-likeness (QED) is 0.818. The summed E-state index contributed by atoms with van der Waals surface area (Å²) in [5, 5.41) is 7.00. The molecule has 0 fully saturated rings. The van der Waals surface area contributed by atoms with Crippen LogP contribution in [0.4, 0.5) is 0 Å². The lowest BCUT2D eigenvalue weighted by molar-refractivity contribution is 0.675. The predicted molar refractivity (Wildman–Crippen MR) is 58.8 cm³/mol. The third-order valence-corrected chi connectivity index (χ3v) is 2.94. The van der Waals surface area contributed by atoms with E-state index in [1.165, 1.54) is 0 Å². The maximum absolute atomic E-state index is 5.14. The van der Waals surface area contributed by atoms with Gasteiger partial charge in [-0.1, -0.05) is 6.92 Å². The summed E-state index contributed by atoms with van der Waals surface area (Å²) in [7, 11) is 0. The topological polar surface area (TPSA) is 46.5 Å². The second-order valence-corrected chi connectivity index (χ2v) is 4.14. The molecule has 1 N–H and O–H groups in total. The first-order chi connectivity index (χ1) is 6.83. The van der Waals surface area contributed by atoms with Gasteiger partial charge in [0, 0.05) is 12.7 Å². The normalized spacial score (nSPS) is 10.6. The van der Waals surface area contributed by atoms with Crippen molar-refractivity contribution < 1.29 is 0 Å². The second-order valence-electron chi connectivity index (χ2n) is 2.87. The fraction of sp³-hybridized carbons (Fsp3) is 0.375. The Morgan fingerprint density at radius 2 is 2.50 bits per heavy atom. The van der Waals surface area contributed by atoms with E-state index in [1.807, 2.05) is 10.8 Å². The van der Waals surface area contributed by atoms with Crippen LogP contribution in [-0.2, 0) is 6.54 Å². The van der Waals surface area contributed by atoms with Crippen LogP contribution in [0.2, 0.25) is 0 Å². The zero-order chi connectivity index (χ0) is 9.97. The Morgan fingerprint density at radius 3 is 3.14 bits per heavy atom. The molecule has 0 saturated carbocycles.